The molecule has 3 aliphatic heterocycles. The third kappa shape index (κ3) is 2.19. The first-order chi connectivity index (χ1) is 14.3. The Kier molecular flexibility index (Phi) is 3.41. The minimum atomic E-state index is -0.772. The van der Waals surface area contributed by atoms with Gasteiger partial charge in [-0.15, -0.1) is 0 Å². The molecule has 2 aromatic carbocycles. The van der Waals surface area contributed by atoms with Crippen LogP contribution in [0.15, 0.2) is 24.3 Å². The van der Waals surface area contributed by atoms with E-state index in [-0.39, 0.29) is 40.4 Å². The lowest BCUT2D eigenvalue weighted by atomic mass is 9.78. The summed E-state index contributed by atoms with van der Waals surface area (Å²) in [6.45, 7) is 3.70. The summed E-state index contributed by atoms with van der Waals surface area (Å²) in [5.74, 6) is -2.51. The average Bonchev–Trinajstić information content (AvgIpc) is 3.18. The zero-order chi connectivity index (χ0) is 20.9. The van der Waals surface area contributed by atoms with Crippen molar-refractivity contribution in [3.05, 3.63) is 57.6 Å². The number of rotatable bonds is 0. The molecule has 0 bridgehead atoms. The quantitative estimate of drug-likeness (QED) is 0.543. The van der Waals surface area contributed by atoms with Crippen molar-refractivity contribution >= 4 is 11.6 Å². The highest BCUT2D eigenvalue weighted by atomic mass is 16.8. The number of hydrogen-bond acceptors (Lipinski definition) is 8. The summed E-state index contributed by atoms with van der Waals surface area (Å²) in [5, 5.41) is 20.4. The highest BCUT2D eigenvalue weighted by Crippen LogP contribution is 2.49. The predicted octanol–water partition coefficient (Wildman–Crippen LogP) is 2.32. The number of phenols is 2. The molecular formula is C22H18O8. The van der Waals surface area contributed by atoms with Crippen LogP contribution in [0.4, 0.5) is 0 Å². The molecule has 0 unspecified atom stereocenters. The van der Waals surface area contributed by atoms with Crippen molar-refractivity contribution in [1.29, 1.82) is 0 Å². The van der Waals surface area contributed by atoms with Crippen LogP contribution in [-0.4, -0.2) is 46.1 Å². The van der Waals surface area contributed by atoms with E-state index in [2.05, 4.69) is 0 Å². The number of ether oxygens (including phenoxy) is 4. The lowest BCUT2D eigenvalue weighted by Gasteiger charge is -2.33. The van der Waals surface area contributed by atoms with Gasteiger partial charge in [-0.3, -0.25) is 9.59 Å². The molecule has 2 saturated heterocycles. The molecule has 30 heavy (non-hydrogen) atoms. The fourth-order valence-electron chi connectivity index (χ4n) is 4.93. The van der Waals surface area contributed by atoms with Crippen molar-refractivity contribution in [3.63, 3.8) is 0 Å². The first-order valence-electron chi connectivity index (χ1n) is 9.69. The van der Waals surface area contributed by atoms with Crippen LogP contribution in [0.3, 0.4) is 0 Å². The standard InChI is InChI=1S/C22H18O8/c1-22(2)29-20-19-18(28-21(20)30-22)8-3-4-9-13(10(8)7-27-19)17(26)15-12(24)6-5-11(23)14(15)16(9)25/h3-6,18-21,23-24H,7H2,1-2H3/t18-,19+,20-,21-/m1/s1. The van der Waals surface area contributed by atoms with Gasteiger partial charge in [-0.2, -0.15) is 0 Å². The van der Waals surface area contributed by atoms with Gasteiger partial charge in [0.2, 0.25) is 0 Å². The van der Waals surface area contributed by atoms with Gasteiger partial charge in [0.15, 0.2) is 23.6 Å². The molecule has 0 amide bonds. The predicted molar refractivity (Wildman–Crippen MR) is 99.3 cm³/mol. The summed E-state index contributed by atoms with van der Waals surface area (Å²) in [6.07, 6.45) is -1.89. The van der Waals surface area contributed by atoms with E-state index < -0.39 is 42.0 Å². The van der Waals surface area contributed by atoms with E-state index in [1.807, 2.05) is 0 Å². The molecule has 2 aromatic rings. The Morgan fingerprint density at radius 3 is 2.33 bits per heavy atom. The summed E-state index contributed by atoms with van der Waals surface area (Å²) in [7, 11) is 0. The number of ketones is 2. The average molecular weight is 410 g/mol. The van der Waals surface area contributed by atoms with Crippen molar-refractivity contribution in [2.75, 3.05) is 0 Å². The molecule has 3 heterocycles. The fourth-order valence-corrected chi connectivity index (χ4v) is 4.93. The topological polar surface area (TPSA) is 112 Å². The Morgan fingerprint density at radius 2 is 1.60 bits per heavy atom. The molecule has 0 saturated carbocycles. The van der Waals surface area contributed by atoms with Gasteiger partial charge >= 0.3 is 0 Å². The number of carbonyl (C=O) groups excluding carboxylic acids is 2. The molecule has 2 N–H and O–H groups in total. The molecule has 6 rings (SSSR count). The number of aromatic hydroxyl groups is 2. The third-order valence-corrected chi connectivity index (χ3v) is 6.15. The summed E-state index contributed by atoms with van der Waals surface area (Å²) in [5.41, 5.74) is 1.24. The van der Waals surface area contributed by atoms with E-state index in [4.69, 9.17) is 18.9 Å². The largest absolute Gasteiger partial charge is 0.507 e. The van der Waals surface area contributed by atoms with Gasteiger partial charge in [-0.25, -0.2) is 0 Å². The van der Waals surface area contributed by atoms with Gasteiger partial charge in [0.25, 0.3) is 0 Å². The van der Waals surface area contributed by atoms with Crippen LogP contribution in [0, 0.1) is 0 Å². The van der Waals surface area contributed by atoms with Crippen LogP contribution in [0.2, 0.25) is 0 Å². The van der Waals surface area contributed by atoms with Crippen LogP contribution in [0.25, 0.3) is 0 Å². The van der Waals surface area contributed by atoms with Crippen LogP contribution >= 0.6 is 0 Å². The van der Waals surface area contributed by atoms with Gasteiger partial charge < -0.3 is 29.2 Å². The fraction of sp³-hybridized carbons (Fsp3) is 0.364. The lowest BCUT2D eigenvalue weighted by molar-refractivity contribution is -0.223. The molecule has 0 spiro atoms. The van der Waals surface area contributed by atoms with E-state index in [1.165, 1.54) is 12.1 Å². The zero-order valence-corrected chi connectivity index (χ0v) is 16.2. The maximum Gasteiger partial charge on any atom is 0.198 e. The van der Waals surface area contributed by atoms with Crippen LogP contribution in [-0.2, 0) is 25.6 Å². The van der Waals surface area contributed by atoms with Crippen molar-refractivity contribution in [2.45, 2.75) is 50.8 Å². The zero-order valence-electron chi connectivity index (χ0n) is 16.2. The number of fused-ring (bicyclic) bond motifs is 8. The van der Waals surface area contributed by atoms with Crippen LogP contribution < -0.4 is 0 Å². The highest BCUT2D eigenvalue weighted by molar-refractivity contribution is 6.30. The lowest BCUT2D eigenvalue weighted by Crippen LogP contribution is -2.37. The summed E-state index contributed by atoms with van der Waals surface area (Å²) in [4.78, 5) is 26.3. The normalized spacial score (nSPS) is 30.3. The second-order valence-corrected chi connectivity index (χ2v) is 8.37. The van der Waals surface area contributed by atoms with Gasteiger partial charge in [-0.05, 0) is 43.2 Å². The minimum Gasteiger partial charge on any atom is -0.507 e. The summed E-state index contributed by atoms with van der Waals surface area (Å²) < 4.78 is 23.8. The number of hydrogen-bond donors (Lipinski definition) is 2. The maximum absolute atomic E-state index is 13.3. The molecule has 8 nitrogen and oxygen atoms in total. The smallest absolute Gasteiger partial charge is 0.198 e. The summed E-state index contributed by atoms with van der Waals surface area (Å²) >= 11 is 0. The number of carbonyl (C=O) groups is 2. The SMILES string of the molecule is CC1(C)O[C@H]2O[C@@H]3c4ccc5c(c4CO[C@@H]3[C@H]2O1)C(=O)c1c(O)ccc(O)c1C5=O. The molecule has 1 aliphatic carbocycles. The molecule has 4 atom stereocenters. The Labute approximate surface area is 170 Å². The van der Waals surface area contributed by atoms with E-state index in [0.29, 0.717) is 5.56 Å². The van der Waals surface area contributed by atoms with E-state index >= 15 is 0 Å². The van der Waals surface area contributed by atoms with Crippen LogP contribution in [0.5, 0.6) is 11.5 Å². The number of phenolic OH excluding ortho intramolecular Hbond substituents is 2. The Morgan fingerprint density at radius 1 is 0.900 bits per heavy atom. The molecule has 0 aromatic heterocycles. The second-order valence-electron chi connectivity index (χ2n) is 8.37. The van der Waals surface area contributed by atoms with Crippen molar-refractivity contribution in [2.24, 2.45) is 0 Å². The van der Waals surface area contributed by atoms with Gasteiger partial charge in [-0.1, -0.05) is 6.07 Å². The van der Waals surface area contributed by atoms with E-state index in [1.54, 1.807) is 26.0 Å². The van der Waals surface area contributed by atoms with Crippen molar-refractivity contribution in [3.8, 4) is 11.5 Å². The van der Waals surface area contributed by atoms with Gasteiger partial charge in [0.05, 0.1) is 17.7 Å². The Balaban J connectivity index is 1.47. The van der Waals surface area contributed by atoms with Crippen LogP contribution in [0.1, 0.15) is 62.9 Å². The highest BCUT2D eigenvalue weighted by Gasteiger charge is 2.57. The third-order valence-electron chi connectivity index (χ3n) is 6.15. The van der Waals surface area contributed by atoms with Gasteiger partial charge in [0.1, 0.15) is 29.8 Å². The Hall–Kier alpha value is -2.78. The van der Waals surface area contributed by atoms with E-state index in [0.717, 1.165) is 5.56 Å². The molecule has 0 radical (unpaired) electrons. The first kappa shape index (κ1) is 18.0. The van der Waals surface area contributed by atoms with E-state index in [9.17, 15) is 19.8 Å². The molecule has 154 valence electrons. The molecule has 8 heteroatoms. The first-order valence-corrected chi connectivity index (χ1v) is 9.69. The molecular weight excluding hydrogens is 392 g/mol. The van der Waals surface area contributed by atoms with Gasteiger partial charge in [0, 0.05) is 11.1 Å². The molecule has 2 fully saturated rings. The van der Waals surface area contributed by atoms with Crippen molar-refractivity contribution in [1.82, 2.24) is 0 Å². The second kappa shape index (κ2) is 5.67. The monoisotopic (exact) mass is 410 g/mol. The minimum absolute atomic E-state index is 0.0873. The molecule has 4 aliphatic rings. The number of benzene rings is 2. The maximum atomic E-state index is 13.3. The summed E-state index contributed by atoms with van der Waals surface area (Å²) in [6, 6.07) is 5.70. The van der Waals surface area contributed by atoms with Crippen molar-refractivity contribution < 1.29 is 38.7 Å². The Bertz CT molecular complexity index is 1150.